The van der Waals surface area contributed by atoms with Gasteiger partial charge in [0.2, 0.25) is 0 Å². The highest BCUT2D eigenvalue weighted by atomic mass is 32.1. The number of aromatic nitrogens is 3. The molecule has 1 amide bonds. The topological polar surface area (TPSA) is 86.1 Å². The van der Waals surface area contributed by atoms with Gasteiger partial charge in [0.15, 0.2) is 5.13 Å². The molecule has 8 heteroatoms. The lowest BCUT2D eigenvalue weighted by Gasteiger charge is -2.01. The van der Waals surface area contributed by atoms with Crippen LogP contribution < -0.4 is 5.32 Å². The first-order valence-corrected chi connectivity index (χ1v) is 7.28. The number of anilines is 1. The van der Waals surface area contributed by atoms with Crippen molar-refractivity contribution in [1.82, 2.24) is 14.8 Å². The Kier molecular flexibility index (Phi) is 5.04. The Bertz CT molecular complexity index is 635. The van der Waals surface area contributed by atoms with Crippen LogP contribution in [0.3, 0.4) is 0 Å². The number of carbonyl (C=O) groups excluding carboxylic acids is 2. The Labute approximate surface area is 125 Å². The van der Waals surface area contributed by atoms with Crippen LogP contribution in [0, 0.1) is 0 Å². The van der Waals surface area contributed by atoms with Crippen molar-refractivity contribution in [2.75, 3.05) is 12.4 Å². The molecule has 0 saturated carbocycles. The average molecular weight is 308 g/mol. The molecule has 2 aromatic rings. The molecule has 0 saturated heterocycles. The van der Waals surface area contributed by atoms with Crippen LogP contribution in [0.1, 0.15) is 29.0 Å². The molecule has 0 aliphatic heterocycles. The van der Waals surface area contributed by atoms with Crippen LogP contribution in [0.4, 0.5) is 5.13 Å². The van der Waals surface area contributed by atoms with Gasteiger partial charge >= 0.3 is 5.97 Å². The van der Waals surface area contributed by atoms with E-state index in [2.05, 4.69) is 20.1 Å². The molecule has 2 heterocycles. The van der Waals surface area contributed by atoms with E-state index < -0.39 is 0 Å². The number of hydrogen-bond donors (Lipinski definition) is 1. The molecule has 0 radical (unpaired) electrons. The number of methoxy groups -OCH3 is 1. The smallest absolute Gasteiger partial charge is 0.305 e. The van der Waals surface area contributed by atoms with Gasteiger partial charge in [0, 0.05) is 25.0 Å². The molecule has 0 aliphatic rings. The van der Waals surface area contributed by atoms with Crippen LogP contribution in [0.5, 0.6) is 0 Å². The lowest BCUT2D eigenvalue weighted by molar-refractivity contribution is -0.140. The number of esters is 1. The average Bonchev–Trinajstić information content (AvgIpc) is 3.07. The predicted octanol–water partition coefficient (Wildman–Crippen LogP) is 1.62. The van der Waals surface area contributed by atoms with Gasteiger partial charge in [-0.1, -0.05) is 0 Å². The van der Waals surface area contributed by atoms with E-state index >= 15 is 0 Å². The van der Waals surface area contributed by atoms with Gasteiger partial charge in [0.25, 0.3) is 5.91 Å². The summed E-state index contributed by atoms with van der Waals surface area (Å²) >= 11 is 1.36. The van der Waals surface area contributed by atoms with Gasteiger partial charge in [-0.15, -0.1) is 11.3 Å². The standard InChI is InChI=1S/C13H16N4O3S/c1-17-10(6-7-14-17)12(19)16-13-15-9(8-21-13)4-3-5-11(18)20-2/h6-8H,3-5H2,1-2H3,(H,15,16,19). The zero-order valence-corrected chi connectivity index (χ0v) is 12.6. The molecule has 0 atom stereocenters. The summed E-state index contributed by atoms with van der Waals surface area (Å²) in [7, 11) is 3.08. The largest absolute Gasteiger partial charge is 0.469 e. The molecule has 2 rings (SSSR count). The first-order valence-electron chi connectivity index (χ1n) is 6.40. The van der Waals surface area contributed by atoms with Crippen molar-refractivity contribution in [3.05, 3.63) is 29.0 Å². The van der Waals surface area contributed by atoms with Crippen LogP contribution in [0.25, 0.3) is 0 Å². The molecule has 0 aromatic carbocycles. The van der Waals surface area contributed by atoms with Crippen molar-refractivity contribution in [2.24, 2.45) is 7.05 Å². The fourth-order valence-electron chi connectivity index (χ4n) is 1.75. The third-order valence-corrected chi connectivity index (χ3v) is 3.67. The Morgan fingerprint density at radius 1 is 1.48 bits per heavy atom. The first kappa shape index (κ1) is 15.2. The lowest BCUT2D eigenvalue weighted by Crippen LogP contribution is -2.15. The van der Waals surface area contributed by atoms with E-state index in [0.717, 1.165) is 5.69 Å². The molecular formula is C13H16N4O3S. The van der Waals surface area contributed by atoms with E-state index in [4.69, 9.17) is 0 Å². The summed E-state index contributed by atoms with van der Waals surface area (Å²) in [5.41, 5.74) is 1.32. The Hall–Kier alpha value is -2.22. The molecular weight excluding hydrogens is 292 g/mol. The molecule has 112 valence electrons. The SMILES string of the molecule is COC(=O)CCCc1csc(NC(=O)c2ccnn2C)n1. The molecule has 2 aromatic heterocycles. The van der Waals surface area contributed by atoms with E-state index in [-0.39, 0.29) is 11.9 Å². The summed E-state index contributed by atoms with van der Waals surface area (Å²) < 4.78 is 6.08. The molecule has 1 N–H and O–H groups in total. The summed E-state index contributed by atoms with van der Waals surface area (Å²) in [6, 6.07) is 1.64. The first-order chi connectivity index (χ1) is 10.1. The number of thiazole rings is 1. The van der Waals surface area contributed by atoms with Crippen molar-refractivity contribution < 1.29 is 14.3 Å². The molecule has 21 heavy (non-hydrogen) atoms. The maximum atomic E-state index is 12.0. The van der Waals surface area contributed by atoms with E-state index in [9.17, 15) is 9.59 Å². The van der Waals surface area contributed by atoms with E-state index in [0.29, 0.717) is 30.1 Å². The number of nitrogens with one attached hydrogen (secondary N) is 1. The van der Waals surface area contributed by atoms with Crippen molar-refractivity contribution in [3.63, 3.8) is 0 Å². The fraction of sp³-hybridized carbons (Fsp3) is 0.385. The molecule has 0 aliphatic carbocycles. The molecule has 0 spiro atoms. The zero-order valence-electron chi connectivity index (χ0n) is 11.8. The van der Waals surface area contributed by atoms with Crippen molar-refractivity contribution in [3.8, 4) is 0 Å². The van der Waals surface area contributed by atoms with Crippen LogP contribution >= 0.6 is 11.3 Å². The number of carbonyl (C=O) groups is 2. The lowest BCUT2D eigenvalue weighted by atomic mass is 10.2. The van der Waals surface area contributed by atoms with E-state index in [1.807, 2.05) is 5.38 Å². The second-order valence-corrected chi connectivity index (χ2v) is 5.23. The number of aryl methyl sites for hydroxylation is 2. The minimum atomic E-state index is -0.245. The fourth-order valence-corrected chi connectivity index (χ4v) is 2.49. The Morgan fingerprint density at radius 2 is 2.29 bits per heavy atom. The number of rotatable bonds is 6. The second-order valence-electron chi connectivity index (χ2n) is 4.37. The summed E-state index contributed by atoms with van der Waals surface area (Å²) in [5.74, 6) is -0.472. The summed E-state index contributed by atoms with van der Waals surface area (Å²) in [6.45, 7) is 0. The van der Waals surface area contributed by atoms with E-state index in [1.165, 1.54) is 23.1 Å². The monoisotopic (exact) mass is 308 g/mol. The number of hydrogen-bond acceptors (Lipinski definition) is 6. The highest BCUT2D eigenvalue weighted by Gasteiger charge is 2.12. The summed E-state index contributed by atoms with van der Waals surface area (Å²) in [4.78, 5) is 27.3. The highest BCUT2D eigenvalue weighted by Crippen LogP contribution is 2.18. The van der Waals surface area contributed by atoms with Crippen molar-refractivity contribution >= 4 is 28.3 Å². The zero-order chi connectivity index (χ0) is 15.2. The Balaban J connectivity index is 1.87. The minimum absolute atomic E-state index is 0.227. The van der Waals surface area contributed by atoms with Gasteiger partial charge < -0.3 is 4.74 Å². The third-order valence-electron chi connectivity index (χ3n) is 2.87. The maximum absolute atomic E-state index is 12.0. The number of amides is 1. The molecule has 0 unspecified atom stereocenters. The molecule has 7 nitrogen and oxygen atoms in total. The Morgan fingerprint density at radius 3 is 2.95 bits per heavy atom. The van der Waals surface area contributed by atoms with Crippen LogP contribution in [0.15, 0.2) is 17.6 Å². The van der Waals surface area contributed by atoms with Gasteiger partial charge in [-0.25, -0.2) is 4.98 Å². The van der Waals surface area contributed by atoms with Crippen LogP contribution in [-0.2, 0) is 23.0 Å². The summed E-state index contributed by atoms with van der Waals surface area (Å²) in [5, 5.41) is 9.08. The number of ether oxygens (including phenoxy) is 1. The maximum Gasteiger partial charge on any atom is 0.305 e. The van der Waals surface area contributed by atoms with Crippen LogP contribution in [0.2, 0.25) is 0 Å². The minimum Gasteiger partial charge on any atom is -0.469 e. The predicted molar refractivity (Wildman–Crippen MR) is 78.2 cm³/mol. The van der Waals surface area contributed by atoms with Crippen molar-refractivity contribution in [2.45, 2.75) is 19.3 Å². The molecule has 0 bridgehead atoms. The van der Waals surface area contributed by atoms with Gasteiger partial charge in [0.1, 0.15) is 5.69 Å². The molecule has 0 fully saturated rings. The van der Waals surface area contributed by atoms with Gasteiger partial charge in [0.05, 0.1) is 12.8 Å². The van der Waals surface area contributed by atoms with Gasteiger partial charge in [-0.3, -0.25) is 19.6 Å². The van der Waals surface area contributed by atoms with Gasteiger partial charge in [-0.2, -0.15) is 5.10 Å². The van der Waals surface area contributed by atoms with Crippen LogP contribution in [-0.4, -0.2) is 33.8 Å². The van der Waals surface area contributed by atoms with Crippen molar-refractivity contribution in [1.29, 1.82) is 0 Å². The normalized spacial score (nSPS) is 10.4. The second kappa shape index (κ2) is 6.98. The summed E-state index contributed by atoms with van der Waals surface area (Å²) in [6.07, 6.45) is 3.28. The van der Waals surface area contributed by atoms with Gasteiger partial charge in [-0.05, 0) is 18.9 Å². The quantitative estimate of drug-likeness (QED) is 0.820. The van der Waals surface area contributed by atoms with E-state index in [1.54, 1.807) is 19.3 Å². The number of nitrogens with zero attached hydrogens (tertiary/aromatic N) is 3. The highest BCUT2D eigenvalue weighted by molar-refractivity contribution is 7.13. The third kappa shape index (κ3) is 4.12.